The van der Waals surface area contributed by atoms with Crippen LogP contribution in [0.25, 0.3) is 0 Å². The third kappa shape index (κ3) is 3.19. The zero-order chi connectivity index (χ0) is 10.4. The van der Waals surface area contributed by atoms with E-state index in [0.717, 1.165) is 11.3 Å². The van der Waals surface area contributed by atoms with Gasteiger partial charge in [0.1, 0.15) is 6.42 Å². The summed E-state index contributed by atoms with van der Waals surface area (Å²) in [6.45, 7) is 2.63. The van der Waals surface area contributed by atoms with Crippen LogP contribution in [-0.4, -0.2) is 5.91 Å². The van der Waals surface area contributed by atoms with Crippen LogP contribution in [0.2, 0.25) is 0 Å². The molecule has 3 nitrogen and oxygen atoms in total. The minimum absolute atomic E-state index is 0.0635. The van der Waals surface area contributed by atoms with Gasteiger partial charge in [0.05, 0.1) is 12.6 Å². The van der Waals surface area contributed by atoms with Gasteiger partial charge >= 0.3 is 0 Å². The number of carbonyl (C=O) groups is 1. The summed E-state index contributed by atoms with van der Waals surface area (Å²) in [5, 5.41) is 11.0. The highest BCUT2D eigenvalue weighted by Crippen LogP contribution is 2.16. The summed E-state index contributed by atoms with van der Waals surface area (Å²) < 4.78 is 0. The molecule has 1 N–H and O–H groups in total. The maximum absolute atomic E-state index is 11.0. The summed E-state index contributed by atoms with van der Waals surface area (Å²) in [6, 6.07) is 5.89. The number of nitrogens with one attached hydrogen (secondary N) is 1. The van der Waals surface area contributed by atoms with Crippen molar-refractivity contribution < 1.29 is 4.79 Å². The van der Waals surface area contributed by atoms with E-state index in [0.29, 0.717) is 6.54 Å². The molecule has 0 aliphatic carbocycles. The molecule has 0 bridgehead atoms. The van der Waals surface area contributed by atoms with Crippen molar-refractivity contribution in [1.29, 1.82) is 5.26 Å². The van der Waals surface area contributed by atoms with E-state index in [1.807, 2.05) is 12.1 Å². The summed E-state index contributed by atoms with van der Waals surface area (Å²) in [5.41, 5.74) is 0. The standard InChI is InChI=1S/C10H12N2OS/c1-2-8-3-4-9(14-8)7-12-10(13)5-6-11/h3-4H,2,5,7H2,1H3,(H,12,13). The van der Waals surface area contributed by atoms with Crippen molar-refractivity contribution in [2.24, 2.45) is 0 Å². The summed E-state index contributed by atoms with van der Waals surface area (Å²) in [6.07, 6.45) is 0.961. The first-order valence-electron chi connectivity index (χ1n) is 4.47. The first-order chi connectivity index (χ1) is 6.76. The van der Waals surface area contributed by atoms with Crippen LogP contribution in [0, 0.1) is 11.3 Å². The molecule has 1 aromatic rings. The van der Waals surface area contributed by atoms with Gasteiger partial charge in [-0.05, 0) is 18.6 Å². The Morgan fingerprint density at radius 2 is 2.29 bits per heavy atom. The molecular weight excluding hydrogens is 196 g/mol. The summed E-state index contributed by atoms with van der Waals surface area (Å²) in [7, 11) is 0. The van der Waals surface area contributed by atoms with Gasteiger partial charge in [-0.1, -0.05) is 6.92 Å². The molecule has 0 unspecified atom stereocenters. The predicted octanol–water partition coefficient (Wildman–Crippen LogP) is 1.84. The van der Waals surface area contributed by atoms with E-state index < -0.39 is 0 Å². The molecule has 0 saturated carbocycles. The SMILES string of the molecule is CCc1ccc(CNC(=O)CC#N)s1. The fourth-order valence-electron chi connectivity index (χ4n) is 1.03. The molecule has 1 amide bonds. The zero-order valence-corrected chi connectivity index (χ0v) is 8.86. The van der Waals surface area contributed by atoms with E-state index in [-0.39, 0.29) is 12.3 Å². The largest absolute Gasteiger partial charge is 0.350 e. The quantitative estimate of drug-likeness (QED) is 0.820. The molecule has 0 radical (unpaired) electrons. The monoisotopic (exact) mass is 208 g/mol. The average Bonchev–Trinajstić information content (AvgIpc) is 2.63. The van der Waals surface area contributed by atoms with Crippen LogP contribution < -0.4 is 5.32 Å². The number of aryl methyl sites for hydroxylation is 1. The fraction of sp³-hybridized carbons (Fsp3) is 0.400. The molecule has 0 aliphatic heterocycles. The maximum atomic E-state index is 11.0. The highest BCUT2D eigenvalue weighted by Gasteiger charge is 2.01. The Kier molecular flexibility index (Phi) is 4.14. The molecule has 1 rings (SSSR count). The van der Waals surface area contributed by atoms with Gasteiger partial charge in [-0.3, -0.25) is 4.79 Å². The van der Waals surface area contributed by atoms with Crippen molar-refractivity contribution in [2.75, 3.05) is 0 Å². The second kappa shape index (κ2) is 5.40. The Bertz CT molecular complexity index is 351. The van der Waals surface area contributed by atoms with Gasteiger partial charge < -0.3 is 5.32 Å². The Morgan fingerprint density at radius 1 is 1.57 bits per heavy atom. The highest BCUT2D eigenvalue weighted by atomic mass is 32.1. The van der Waals surface area contributed by atoms with Crippen molar-refractivity contribution in [3.05, 3.63) is 21.9 Å². The van der Waals surface area contributed by atoms with Gasteiger partial charge in [0.15, 0.2) is 0 Å². The number of nitrogens with zero attached hydrogens (tertiary/aromatic N) is 1. The molecule has 14 heavy (non-hydrogen) atoms. The number of nitriles is 1. The van der Waals surface area contributed by atoms with E-state index in [9.17, 15) is 4.79 Å². The molecule has 0 saturated heterocycles. The Labute approximate surface area is 87.4 Å². The molecule has 4 heteroatoms. The molecule has 0 fully saturated rings. The lowest BCUT2D eigenvalue weighted by atomic mass is 10.3. The molecule has 0 atom stereocenters. The van der Waals surface area contributed by atoms with Gasteiger partial charge in [-0.25, -0.2) is 0 Å². The van der Waals surface area contributed by atoms with Crippen LogP contribution in [0.1, 0.15) is 23.1 Å². The van der Waals surface area contributed by atoms with Gasteiger partial charge in [0.2, 0.25) is 5.91 Å². The number of carbonyl (C=O) groups excluding carboxylic acids is 1. The third-order valence-corrected chi connectivity index (χ3v) is 2.99. The first-order valence-corrected chi connectivity index (χ1v) is 5.29. The normalized spacial score (nSPS) is 9.43. The van der Waals surface area contributed by atoms with Crippen LogP contribution in [0.3, 0.4) is 0 Å². The van der Waals surface area contributed by atoms with E-state index in [2.05, 4.69) is 18.3 Å². The molecule has 0 aliphatic rings. The van der Waals surface area contributed by atoms with E-state index >= 15 is 0 Å². The van der Waals surface area contributed by atoms with Gasteiger partial charge in [0, 0.05) is 9.75 Å². The van der Waals surface area contributed by atoms with Crippen molar-refractivity contribution in [3.63, 3.8) is 0 Å². The van der Waals surface area contributed by atoms with Crippen LogP contribution in [-0.2, 0) is 17.8 Å². The summed E-state index contributed by atoms with van der Waals surface area (Å²) in [4.78, 5) is 13.4. The maximum Gasteiger partial charge on any atom is 0.234 e. The highest BCUT2D eigenvalue weighted by molar-refractivity contribution is 7.11. The molecule has 0 spiro atoms. The second-order valence-electron chi connectivity index (χ2n) is 2.83. The smallest absolute Gasteiger partial charge is 0.234 e. The summed E-state index contributed by atoms with van der Waals surface area (Å²) in [5.74, 6) is -0.209. The summed E-state index contributed by atoms with van der Waals surface area (Å²) >= 11 is 1.70. The van der Waals surface area contributed by atoms with Crippen LogP contribution >= 0.6 is 11.3 Å². The van der Waals surface area contributed by atoms with E-state index in [1.165, 1.54) is 4.88 Å². The third-order valence-electron chi connectivity index (χ3n) is 1.77. The first kappa shape index (κ1) is 10.7. The second-order valence-corrected chi connectivity index (χ2v) is 4.09. The van der Waals surface area contributed by atoms with Gasteiger partial charge in [-0.15, -0.1) is 11.3 Å². The average molecular weight is 208 g/mol. The van der Waals surface area contributed by atoms with Crippen LogP contribution in [0.5, 0.6) is 0 Å². The van der Waals surface area contributed by atoms with Crippen molar-refractivity contribution in [1.82, 2.24) is 5.32 Å². The fourth-order valence-corrected chi connectivity index (χ4v) is 1.92. The minimum Gasteiger partial charge on any atom is -0.350 e. The number of amides is 1. The molecule has 1 aromatic heterocycles. The van der Waals surface area contributed by atoms with Crippen LogP contribution in [0.4, 0.5) is 0 Å². The zero-order valence-electron chi connectivity index (χ0n) is 8.04. The molecule has 1 heterocycles. The van der Waals surface area contributed by atoms with Gasteiger partial charge in [-0.2, -0.15) is 5.26 Å². The molecule has 0 aromatic carbocycles. The van der Waals surface area contributed by atoms with Crippen molar-refractivity contribution in [2.45, 2.75) is 26.3 Å². The topological polar surface area (TPSA) is 52.9 Å². The lowest BCUT2D eigenvalue weighted by Crippen LogP contribution is -2.21. The lowest BCUT2D eigenvalue weighted by molar-refractivity contribution is -0.120. The Morgan fingerprint density at radius 3 is 2.86 bits per heavy atom. The minimum atomic E-state index is -0.209. The number of thiophene rings is 1. The molecule has 74 valence electrons. The number of rotatable bonds is 4. The lowest BCUT2D eigenvalue weighted by Gasteiger charge is -1.98. The van der Waals surface area contributed by atoms with Crippen molar-refractivity contribution in [3.8, 4) is 6.07 Å². The number of hydrogen-bond acceptors (Lipinski definition) is 3. The molecular formula is C10H12N2OS. The van der Waals surface area contributed by atoms with E-state index in [1.54, 1.807) is 11.3 Å². The van der Waals surface area contributed by atoms with Crippen molar-refractivity contribution >= 4 is 17.2 Å². The van der Waals surface area contributed by atoms with Crippen LogP contribution in [0.15, 0.2) is 12.1 Å². The predicted molar refractivity (Wildman–Crippen MR) is 55.8 cm³/mol. The Hall–Kier alpha value is -1.34. The Balaban J connectivity index is 2.38. The number of hydrogen-bond donors (Lipinski definition) is 1. The van der Waals surface area contributed by atoms with E-state index in [4.69, 9.17) is 5.26 Å². The van der Waals surface area contributed by atoms with Gasteiger partial charge in [0.25, 0.3) is 0 Å².